The molecule has 0 bridgehead atoms. The highest BCUT2D eigenvalue weighted by Gasteiger charge is 2.40. The van der Waals surface area contributed by atoms with Gasteiger partial charge in [-0.05, 0) is 110 Å². The Morgan fingerprint density at radius 2 is 0.744 bits per heavy atom. The van der Waals surface area contributed by atoms with Crippen LogP contribution < -0.4 is 0 Å². The van der Waals surface area contributed by atoms with Crippen LogP contribution in [0.2, 0.25) is 0 Å². The average Bonchev–Trinajstić information content (AvgIpc) is 3.59. The van der Waals surface area contributed by atoms with E-state index >= 15 is 0 Å². The molecular formula is C76H52N6. The number of nitrogens with zero attached hydrogens (tertiary/aromatic N) is 6. The third-order valence-corrected chi connectivity index (χ3v) is 17.8. The average molecular weight is 1050 g/mol. The van der Waals surface area contributed by atoms with Crippen LogP contribution in [0.15, 0.2) is 243 Å². The molecule has 0 N–H and O–H groups in total. The molecule has 0 unspecified atom stereocenters. The predicted molar refractivity (Wildman–Crippen MR) is 337 cm³/mol. The summed E-state index contributed by atoms with van der Waals surface area (Å²) >= 11 is 0. The van der Waals surface area contributed by atoms with E-state index in [-0.39, 0.29) is 10.8 Å². The summed E-state index contributed by atoms with van der Waals surface area (Å²) in [7, 11) is 0. The first-order valence-electron chi connectivity index (χ1n) is 28.1. The van der Waals surface area contributed by atoms with Gasteiger partial charge in [0, 0.05) is 54.6 Å². The van der Waals surface area contributed by atoms with E-state index in [2.05, 4.69) is 230 Å². The normalized spacial score (nSPS) is 13.5. The minimum Gasteiger partial charge on any atom is -0.309 e. The largest absolute Gasteiger partial charge is 0.309 e. The van der Waals surface area contributed by atoms with Crippen LogP contribution in [0.25, 0.3) is 139 Å². The van der Waals surface area contributed by atoms with Gasteiger partial charge >= 0.3 is 0 Å². The van der Waals surface area contributed by atoms with Gasteiger partial charge in [0.15, 0.2) is 23.2 Å². The van der Waals surface area contributed by atoms with E-state index in [0.29, 0.717) is 23.2 Å². The maximum absolute atomic E-state index is 8.31. The van der Waals surface area contributed by atoms with Gasteiger partial charge in [0.2, 0.25) is 0 Å². The number of hydrogen-bond donors (Lipinski definition) is 0. The van der Waals surface area contributed by atoms with Gasteiger partial charge in [-0.1, -0.05) is 222 Å². The highest BCUT2D eigenvalue weighted by atomic mass is 15.1. The highest BCUT2D eigenvalue weighted by Crippen LogP contribution is 2.56. The van der Waals surface area contributed by atoms with Gasteiger partial charge in [-0.15, -0.1) is 0 Å². The summed E-state index contributed by atoms with van der Waals surface area (Å²) in [4.78, 5) is 20.3. The molecule has 2 aliphatic carbocycles. The minimum atomic E-state index is -0.254. The fourth-order valence-electron chi connectivity index (χ4n) is 14.1. The molecule has 82 heavy (non-hydrogen) atoms. The van der Waals surface area contributed by atoms with Gasteiger partial charge < -0.3 is 9.13 Å². The van der Waals surface area contributed by atoms with Crippen LogP contribution in [0.5, 0.6) is 0 Å². The van der Waals surface area contributed by atoms with Crippen molar-refractivity contribution >= 4 is 49.3 Å². The molecule has 0 saturated carbocycles. The van der Waals surface area contributed by atoms with Crippen LogP contribution in [0.1, 0.15) is 49.9 Å². The van der Waals surface area contributed by atoms with Gasteiger partial charge in [-0.3, -0.25) is 0 Å². The van der Waals surface area contributed by atoms with E-state index in [0.717, 1.165) is 72.4 Å². The molecule has 3 aromatic heterocycles. The molecule has 6 heteroatoms. The van der Waals surface area contributed by atoms with Crippen LogP contribution in [-0.2, 0) is 10.8 Å². The molecule has 0 fully saturated rings. The van der Waals surface area contributed by atoms with E-state index in [9.17, 15) is 0 Å². The van der Waals surface area contributed by atoms with Gasteiger partial charge in [0.25, 0.3) is 0 Å². The number of rotatable bonds is 7. The van der Waals surface area contributed by atoms with E-state index in [4.69, 9.17) is 21.5 Å². The Morgan fingerprint density at radius 1 is 0.329 bits per heavy atom. The number of hydrogen-bond acceptors (Lipinski definition) is 3. The van der Waals surface area contributed by atoms with Gasteiger partial charge in [0.1, 0.15) is 0 Å². The van der Waals surface area contributed by atoms with Gasteiger partial charge in [0.05, 0.1) is 40.0 Å². The lowest BCUT2D eigenvalue weighted by Crippen LogP contribution is -2.15. The topological polar surface area (TPSA) is 52.9 Å². The molecule has 0 amide bonds. The number of benzene rings is 11. The van der Waals surface area contributed by atoms with Crippen molar-refractivity contribution in [2.24, 2.45) is 0 Å². The minimum absolute atomic E-state index is 0.240. The third-order valence-electron chi connectivity index (χ3n) is 17.8. The van der Waals surface area contributed by atoms with E-state index in [1.165, 1.54) is 66.1 Å². The first kappa shape index (κ1) is 47.5. The smallest absolute Gasteiger partial charge is 0.194 e. The number of aromatic nitrogens is 5. The van der Waals surface area contributed by atoms with Crippen LogP contribution in [-0.4, -0.2) is 24.1 Å². The zero-order valence-corrected chi connectivity index (χ0v) is 45.8. The fourth-order valence-corrected chi connectivity index (χ4v) is 14.1. The van der Waals surface area contributed by atoms with Crippen molar-refractivity contribution < 1.29 is 0 Å². The quantitative estimate of drug-likeness (QED) is 0.149. The second kappa shape index (κ2) is 17.8. The Kier molecular flexibility index (Phi) is 10.3. The molecule has 0 saturated heterocycles. The standard InChI is InChI=1S/C76H52N6/c1-75(2)59-31-17-12-27-51(59)53-38-42-66-68(70(53)75)55-29-15-20-34-62(55)81(66)64-40-36-48(50-26-14-19-33-61(50)77-5)44-57(64)49-37-41-65(58(45-49)74-79-72(46-22-8-6-9-23-46)78-73(80-74)47-24-10-7-11-25-47)82-63-35-21-16-30-56(63)69-67(82)43-39-54-52-28-13-18-32-60(52)76(3,4)71(54)69/h6-45H,1-4H3. The highest BCUT2D eigenvalue weighted by molar-refractivity contribution is 6.16. The molecule has 0 atom stereocenters. The molecule has 2 aliphatic rings. The summed E-state index contributed by atoms with van der Waals surface area (Å²) in [6.45, 7) is 17.8. The molecule has 0 spiro atoms. The summed E-state index contributed by atoms with van der Waals surface area (Å²) in [6, 6.07) is 86.8. The predicted octanol–water partition coefficient (Wildman–Crippen LogP) is 19.6. The van der Waals surface area contributed by atoms with Crippen molar-refractivity contribution in [3.05, 3.63) is 276 Å². The lowest BCUT2D eigenvalue weighted by molar-refractivity contribution is 0.666. The lowest BCUT2D eigenvalue weighted by atomic mass is 9.80. The molecule has 0 aliphatic heterocycles. The third kappa shape index (κ3) is 6.84. The summed E-state index contributed by atoms with van der Waals surface area (Å²) in [5.74, 6) is 1.72. The zero-order chi connectivity index (χ0) is 55.0. The van der Waals surface area contributed by atoms with Gasteiger partial charge in [-0.25, -0.2) is 19.8 Å². The Bertz CT molecular complexity index is 4990. The van der Waals surface area contributed by atoms with Crippen LogP contribution in [0.4, 0.5) is 5.69 Å². The monoisotopic (exact) mass is 1050 g/mol. The fraction of sp³-hybridized carbons (Fsp3) is 0.0789. The second-order valence-corrected chi connectivity index (χ2v) is 22.9. The molecule has 386 valence electrons. The molecular weight excluding hydrogens is 997 g/mol. The Balaban J connectivity index is 1.02. The molecule has 6 nitrogen and oxygen atoms in total. The summed E-state index contributed by atoms with van der Waals surface area (Å²) in [5, 5.41) is 4.90. The first-order chi connectivity index (χ1) is 40.2. The molecule has 3 heterocycles. The lowest BCUT2D eigenvalue weighted by Gasteiger charge is -2.23. The van der Waals surface area contributed by atoms with Crippen molar-refractivity contribution in [2.75, 3.05) is 0 Å². The second-order valence-electron chi connectivity index (χ2n) is 22.9. The van der Waals surface area contributed by atoms with Crippen molar-refractivity contribution in [1.82, 2.24) is 24.1 Å². The van der Waals surface area contributed by atoms with Crippen LogP contribution in [0, 0.1) is 6.57 Å². The Labute approximate surface area is 475 Å². The SMILES string of the molecule is [C-]#[N+]c1ccccc1-c1ccc(-n2c3ccccc3c3c4c(ccc32)-c2ccccc2C4(C)C)c(-c2ccc(-n3c4ccccc4c4c5c(ccc43)-c3ccccc3C5(C)C)c(-c3nc(-c4ccccc4)nc(-c4ccccc4)n3)c2)c1. The van der Waals surface area contributed by atoms with Crippen LogP contribution >= 0.6 is 0 Å². The number of para-hydroxylation sites is 3. The zero-order valence-electron chi connectivity index (χ0n) is 45.8. The molecule has 16 rings (SSSR count). The first-order valence-corrected chi connectivity index (χ1v) is 28.1. The molecule has 11 aromatic carbocycles. The van der Waals surface area contributed by atoms with E-state index in [1.807, 2.05) is 54.6 Å². The maximum atomic E-state index is 8.31. The van der Waals surface area contributed by atoms with E-state index < -0.39 is 0 Å². The van der Waals surface area contributed by atoms with Crippen molar-refractivity contribution in [1.29, 1.82) is 0 Å². The summed E-state index contributed by atoms with van der Waals surface area (Å²) in [6.07, 6.45) is 0. The van der Waals surface area contributed by atoms with Crippen molar-refractivity contribution in [3.63, 3.8) is 0 Å². The summed E-state index contributed by atoms with van der Waals surface area (Å²) < 4.78 is 4.91. The van der Waals surface area contributed by atoms with Gasteiger partial charge in [-0.2, -0.15) is 0 Å². The Hall–Kier alpha value is -10.5. The maximum Gasteiger partial charge on any atom is 0.194 e. The summed E-state index contributed by atoms with van der Waals surface area (Å²) in [5.41, 5.74) is 23.5. The molecule has 0 radical (unpaired) electrons. The number of fused-ring (bicyclic) bond motifs is 14. The van der Waals surface area contributed by atoms with Crippen molar-refractivity contribution in [2.45, 2.75) is 38.5 Å². The van der Waals surface area contributed by atoms with Crippen LogP contribution in [0.3, 0.4) is 0 Å². The molecule has 14 aromatic rings. The van der Waals surface area contributed by atoms with Crippen molar-refractivity contribution in [3.8, 4) is 90.0 Å². The Morgan fingerprint density at radius 3 is 1.27 bits per heavy atom. The van der Waals surface area contributed by atoms with E-state index in [1.54, 1.807) is 0 Å².